The standard InChI is InChI=1S/C14H26N2O3/c1-9(2)13(14(18)15-4)16-12(17)8-7-11-6-5-10(3)19-11/h9-11,13H,5-8H2,1-4H3,(H,15,18)(H,16,17)/t10-,11+,13+/m0/s1. The molecule has 1 aliphatic heterocycles. The number of ether oxygens (including phenoxy) is 1. The van der Waals surface area contributed by atoms with E-state index in [1.807, 2.05) is 13.8 Å². The lowest BCUT2D eigenvalue weighted by atomic mass is 10.0. The number of carbonyl (C=O) groups excluding carboxylic acids is 2. The van der Waals surface area contributed by atoms with E-state index < -0.39 is 6.04 Å². The zero-order valence-electron chi connectivity index (χ0n) is 12.4. The van der Waals surface area contributed by atoms with Gasteiger partial charge < -0.3 is 15.4 Å². The molecule has 2 N–H and O–H groups in total. The average Bonchev–Trinajstić information content (AvgIpc) is 2.78. The van der Waals surface area contributed by atoms with E-state index >= 15 is 0 Å². The van der Waals surface area contributed by atoms with Crippen molar-refractivity contribution in [3.63, 3.8) is 0 Å². The molecule has 1 heterocycles. The minimum absolute atomic E-state index is 0.0756. The lowest BCUT2D eigenvalue weighted by molar-refractivity contribution is -0.130. The maximum Gasteiger partial charge on any atom is 0.242 e. The van der Waals surface area contributed by atoms with Gasteiger partial charge in [0, 0.05) is 13.5 Å². The topological polar surface area (TPSA) is 67.4 Å². The third-order valence-electron chi connectivity index (χ3n) is 3.53. The molecule has 110 valence electrons. The Morgan fingerprint density at radius 3 is 2.47 bits per heavy atom. The minimum atomic E-state index is -0.457. The van der Waals surface area contributed by atoms with E-state index in [9.17, 15) is 9.59 Å². The van der Waals surface area contributed by atoms with Crippen molar-refractivity contribution >= 4 is 11.8 Å². The summed E-state index contributed by atoms with van der Waals surface area (Å²) < 4.78 is 5.67. The number of hydrogen-bond donors (Lipinski definition) is 2. The maximum absolute atomic E-state index is 11.9. The third-order valence-corrected chi connectivity index (χ3v) is 3.53. The summed E-state index contributed by atoms with van der Waals surface area (Å²) in [4.78, 5) is 23.5. The fourth-order valence-electron chi connectivity index (χ4n) is 2.33. The molecule has 0 saturated carbocycles. The molecule has 0 aliphatic carbocycles. The van der Waals surface area contributed by atoms with Crippen molar-refractivity contribution < 1.29 is 14.3 Å². The molecule has 1 saturated heterocycles. The van der Waals surface area contributed by atoms with Gasteiger partial charge in [-0.3, -0.25) is 9.59 Å². The lowest BCUT2D eigenvalue weighted by Gasteiger charge is -2.21. The highest BCUT2D eigenvalue weighted by Gasteiger charge is 2.25. The van der Waals surface area contributed by atoms with Gasteiger partial charge in [-0.05, 0) is 32.1 Å². The van der Waals surface area contributed by atoms with Gasteiger partial charge in [-0.25, -0.2) is 0 Å². The zero-order valence-corrected chi connectivity index (χ0v) is 12.4. The van der Waals surface area contributed by atoms with Crippen LogP contribution in [0.25, 0.3) is 0 Å². The average molecular weight is 270 g/mol. The summed E-state index contributed by atoms with van der Waals surface area (Å²) in [7, 11) is 1.58. The molecule has 1 fully saturated rings. The Morgan fingerprint density at radius 2 is 2.00 bits per heavy atom. The van der Waals surface area contributed by atoms with Crippen LogP contribution in [-0.4, -0.2) is 37.1 Å². The summed E-state index contributed by atoms with van der Waals surface area (Å²) in [6.07, 6.45) is 3.74. The Bertz CT molecular complexity index is 318. The quantitative estimate of drug-likeness (QED) is 0.762. The van der Waals surface area contributed by atoms with Gasteiger partial charge in [0.1, 0.15) is 6.04 Å². The van der Waals surface area contributed by atoms with Gasteiger partial charge in [-0.2, -0.15) is 0 Å². The summed E-state index contributed by atoms with van der Waals surface area (Å²) in [5.74, 6) is -0.147. The first-order chi connectivity index (χ1) is 8.93. The summed E-state index contributed by atoms with van der Waals surface area (Å²) in [6.45, 7) is 5.89. The van der Waals surface area contributed by atoms with Crippen LogP contribution in [0.3, 0.4) is 0 Å². The normalized spacial score (nSPS) is 24.3. The van der Waals surface area contributed by atoms with Crippen LogP contribution in [0.1, 0.15) is 46.5 Å². The number of carbonyl (C=O) groups is 2. The van der Waals surface area contributed by atoms with Gasteiger partial charge >= 0.3 is 0 Å². The molecule has 0 aromatic heterocycles. The van der Waals surface area contributed by atoms with E-state index in [0.717, 1.165) is 19.3 Å². The van der Waals surface area contributed by atoms with Crippen molar-refractivity contribution in [2.24, 2.45) is 5.92 Å². The molecule has 0 aromatic carbocycles. The fraction of sp³-hybridized carbons (Fsp3) is 0.857. The Hall–Kier alpha value is -1.10. The fourth-order valence-corrected chi connectivity index (χ4v) is 2.33. The minimum Gasteiger partial charge on any atom is -0.375 e. The largest absolute Gasteiger partial charge is 0.375 e. The SMILES string of the molecule is CNC(=O)[C@H](NC(=O)CC[C@H]1CC[C@H](C)O1)C(C)C. The summed E-state index contributed by atoms with van der Waals surface area (Å²) in [5, 5.41) is 5.37. The maximum atomic E-state index is 11.9. The van der Waals surface area contributed by atoms with E-state index in [0.29, 0.717) is 12.5 Å². The van der Waals surface area contributed by atoms with Gasteiger partial charge in [0.15, 0.2) is 0 Å². The number of amides is 2. The van der Waals surface area contributed by atoms with Crippen molar-refractivity contribution in [1.29, 1.82) is 0 Å². The number of nitrogens with one attached hydrogen (secondary N) is 2. The second-order valence-corrected chi connectivity index (χ2v) is 5.59. The van der Waals surface area contributed by atoms with Gasteiger partial charge in [0.25, 0.3) is 0 Å². The summed E-state index contributed by atoms with van der Waals surface area (Å²) in [6, 6.07) is -0.457. The smallest absolute Gasteiger partial charge is 0.242 e. The molecule has 3 atom stereocenters. The predicted octanol–water partition coefficient (Wildman–Crippen LogP) is 1.22. The first-order valence-corrected chi connectivity index (χ1v) is 7.10. The van der Waals surface area contributed by atoms with Crippen molar-refractivity contribution in [3.8, 4) is 0 Å². The molecule has 0 unspecified atom stereocenters. The van der Waals surface area contributed by atoms with Crippen LogP contribution in [0.5, 0.6) is 0 Å². The first-order valence-electron chi connectivity index (χ1n) is 7.10. The number of rotatable bonds is 6. The third kappa shape index (κ3) is 5.19. The monoisotopic (exact) mass is 270 g/mol. The van der Waals surface area contributed by atoms with Crippen LogP contribution in [0, 0.1) is 5.92 Å². The van der Waals surface area contributed by atoms with Gasteiger partial charge in [0.2, 0.25) is 11.8 Å². The predicted molar refractivity (Wildman–Crippen MR) is 73.6 cm³/mol. The van der Waals surface area contributed by atoms with Gasteiger partial charge in [-0.15, -0.1) is 0 Å². The molecular formula is C14H26N2O3. The molecule has 1 aliphatic rings. The first kappa shape index (κ1) is 16.0. The van der Waals surface area contributed by atoms with Crippen LogP contribution in [0.2, 0.25) is 0 Å². The zero-order chi connectivity index (χ0) is 14.4. The molecule has 1 rings (SSSR count). The highest BCUT2D eigenvalue weighted by atomic mass is 16.5. The molecule has 2 amide bonds. The molecular weight excluding hydrogens is 244 g/mol. The van der Waals surface area contributed by atoms with E-state index in [1.54, 1.807) is 7.05 Å². The van der Waals surface area contributed by atoms with Crippen LogP contribution in [-0.2, 0) is 14.3 Å². The Labute approximate surface area is 115 Å². The molecule has 0 bridgehead atoms. The molecule has 19 heavy (non-hydrogen) atoms. The van der Waals surface area contributed by atoms with Crippen molar-refractivity contribution in [2.75, 3.05) is 7.05 Å². The van der Waals surface area contributed by atoms with Crippen molar-refractivity contribution in [1.82, 2.24) is 10.6 Å². The molecule has 0 aromatic rings. The van der Waals surface area contributed by atoms with Crippen LogP contribution in [0.15, 0.2) is 0 Å². The van der Waals surface area contributed by atoms with Crippen molar-refractivity contribution in [2.45, 2.75) is 64.7 Å². The van der Waals surface area contributed by atoms with E-state index in [4.69, 9.17) is 4.74 Å². The van der Waals surface area contributed by atoms with Gasteiger partial charge in [0.05, 0.1) is 12.2 Å². The second-order valence-electron chi connectivity index (χ2n) is 5.59. The van der Waals surface area contributed by atoms with Crippen LogP contribution >= 0.6 is 0 Å². The Balaban J connectivity index is 2.34. The summed E-state index contributed by atoms with van der Waals surface area (Å²) in [5.41, 5.74) is 0. The Morgan fingerprint density at radius 1 is 1.32 bits per heavy atom. The second kappa shape index (κ2) is 7.48. The highest BCUT2D eigenvalue weighted by Crippen LogP contribution is 2.22. The molecule has 5 nitrogen and oxygen atoms in total. The van der Waals surface area contributed by atoms with E-state index in [-0.39, 0.29) is 23.8 Å². The van der Waals surface area contributed by atoms with E-state index in [2.05, 4.69) is 17.6 Å². The van der Waals surface area contributed by atoms with Gasteiger partial charge in [-0.1, -0.05) is 13.8 Å². The number of hydrogen-bond acceptors (Lipinski definition) is 3. The molecule has 0 radical (unpaired) electrons. The summed E-state index contributed by atoms with van der Waals surface area (Å²) >= 11 is 0. The van der Waals surface area contributed by atoms with Crippen LogP contribution in [0.4, 0.5) is 0 Å². The Kier molecular flexibility index (Phi) is 6.28. The molecule has 5 heteroatoms. The lowest BCUT2D eigenvalue weighted by Crippen LogP contribution is -2.48. The highest BCUT2D eigenvalue weighted by molar-refractivity contribution is 5.87. The molecule has 0 spiro atoms. The van der Waals surface area contributed by atoms with E-state index in [1.165, 1.54) is 0 Å². The number of likely N-dealkylation sites (N-methyl/N-ethyl adjacent to an activating group) is 1. The van der Waals surface area contributed by atoms with Crippen molar-refractivity contribution in [3.05, 3.63) is 0 Å². The van der Waals surface area contributed by atoms with Crippen LogP contribution < -0.4 is 10.6 Å².